The Kier molecular flexibility index (Phi) is 8.50. The molecule has 0 bridgehead atoms. The third kappa shape index (κ3) is 7.93. The van der Waals surface area contributed by atoms with Crippen molar-refractivity contribution in [1.82, 2.24) is 10.2 Å². The van der Waals surface area contributed by atoms with E-state index in [9.17, 15) is 9.18 Å². The SMILES string of the molecule is CC(C)NC(=O)CN1CCN(c2ccc(F)cc2)CC1.O=C(O)C(=O)O. The number of halogens is 1. The van der Waals surface area contributed by atoms with E-state index in [-0.39, 0.29) is 17.8 Å². The van der Waals surface area contributed by atoms with Crippen LogP contribution in [0.1, 0.15) is 13.8 Å². The zero-order valence-corrected chi connectivity index (χ0v) is 14.8. The second-order valence-corrected chi connectivity index (χ2v) is 6.07. The van der Waals surface area contributed by atoms with Gasteiger partial charge >= 0.3 is 11.9 Å². The van der Waals surface area contributed by atoms with Crippen LogP contribution in [0, 0.1) is 5.82 Å². The quantitative estimate of drug-likeness (QED) is 0.668. The lowest BCUT2D eigenvalue weighted by atomic mass is 10.2. The first-order valence-corrected chi connectivity index (χ1v) is 8.17. The number of carboxylic acids is 2. The number of piperazine rings is 1. The number of carboxylic acid groups (broad SMARTS) is 2. The number of aliphatic carboxylic acids is 2. The van der Waals surface area contributed by atoms with Crippen molar-refractivity contribution in [2.75, 3.05) is 37.6 Å². The van der Waals surface area contributed by atoms with Gasteiger partial charge in [0.15, 0.2) is 0 Å². The van der Waals surface area contributed by atoms with E-state index in [0.717, 1.165) is 31.9 Å². The van der Waals surface area contributed by atoms with E-state index < -0.39 is 11.9 Å². The van der Waals surface area contributed by atoms with E-state index in [1.165, 1.54) is 12.1 Å². The van der Waals surface area contributed by atoms with Gasteiger partial charge in [-0.2, -0.15) is 0 Å². The van der Waals surface area contributed by atoms with E-state index >= 15 is 0 Å². The third-order valence-corrected chi connectivity index (χ3v) is 3.56. The highest BCUT2D eigenvalue weighted by Crippen LogP contribution is 2.16. The van der Waals surface area contributed by atoms with Crippen LogP contribution in [0.25, 0.3) is 0 Å². The highest BCUT2D eigenvalue weighted by atomic mass is 19.1. The lowest BCUT2D eigenvalue weighted by Crippen LogP contribution is -2.50. The van der Waals surface area contributed by atoms with Crippen LogP contribution in [-0.4, -0.2) is 71.7 Å². The molecule has 144 valence electrons. The summed E-state index contributed by atoms with van der Waals surface area (Å²) in [6.45, 7) is 7.80. The standard InChI is InChI=1S/C15H22FN3O.C2H2O4/c1-12(2)17-15(20)11-18-7-9-19(10-8-18)14-5-3-13(16)4-6-14;3-1(4)2(5)6/h3-6,12H,7-11H2,1-2H3,(H,17,20);(H,3,4)(H,5,6). The van der Waals surface area contributed by atoms with E-state index in [2.05, 4.69) is 15.1 Å². The van der Waals surface area contributed by atoms with Gasteiger partial charge in [-0.3, -0.25) is 9.69 Å². The van der Waals surface area contributed by atoms with E-state index in [0.29, 0.717) is 6.54 Å². The van der Waals surface area contributed by atoms with Gasteiger partial charge in [-0.15, -0.1) is 0 Å². The van der Waals surface area contributed by atoms with Crippen molar-refractivity contribution < 1.29 is 29.0 Å². The predicted octanol–water partition coefficient (Wildman–Crippen LogP) is 0.628. The Balaban J connectivity index is 0.000000487. The summed E-state index contributed by atoms with van der Waals surface area (Å²) in [5, 5.41) is 17.7. The van der Waals surface area contributed by atoms with Crippen molar-refractivity contribution in [3.63, 3.8) is 0 Å². The number of amides is 1. The maximum absolute atomic E-state index is 12.9. The molecule has 8 nitrogen and oxygen atoms in total. The normalized spacial score (nSPS) is 14.4. The van der Waals surface area contributed by atoms with Crippen LogP contribution < -0.4 is 10.2 Å². The molecule has 1 aromatic carbocycles. The predicted molar refractivity (Wildman–Crippen MR) is 93.6 cm³/mol. The lowest BCUT2D eigenvalue weighted by Gasteiger charge is -2.35. The number of hydrogen-bond donors (Lipinski definition) is 3. The third-order valence-electron chi connectivity index (χ3n) is 3.56. The van der Waals surface area contributed by atoms with E-state index in [4.69, 9.17) is 19.8 Å². The number of carbonyl (C=O) groups is 3. The first-order chi connectivity index (χ1) is 12.2. The van der Waals surface area contributed by atoms with E-state index in [1.807, 2.05) is 13.8 Å². The molecule has 9 heteroatoms. The van der Waals surface area contributed by atoms with Gasteiger partial charge in [0.05, 0.1) is 6.54 Å². The average molecular weight is 369 g/mol. The Hall–Kier alpha value is -2.68. The molecule has 1 aromatic rings. The Morgan fingerprint density at radius 2 is 1.54 bits per heavy atom. The second kappa shape index (κ2) is 10.3. The minimum Gasteiger partial charge on any atom is -0.473 e. The van der Waals surface area contributed by atoms with Gasteiger partial charge in [0, 0.05) is 37.9 Å². The van der Waals surface area contributed by atoms with Crippen molar-refractivity contribution in [3.8, 4) is 0 Å². The average Bonchev–Trinajstić information content (AvgIpc) is 2.56. The summed E-state index contributed by atoms with van der Waals surface area (Å²) in [6, 6.07) is 6.76. The molecular formula is C17H24FN3O5. The fourth-order valence-corrected chi connectivity index (χ4v) is 2.39. The summed E-state index contributed by atoms with van der Waals surface area (Å²) in [5.74, 6) is -3.78. The van der Waals surface area contributed by atoms with Gasteiger partial charge in [0.2, 0.25) is 5.91 Å². The summed E-state index contributed by atoms with van der Waals surface area (Å²) in [7, 11) is 0. The molecule has 0 unspecified atom stereocenters. The molecular weight excluding hydrogens is 345 g/mol. The van der Waals surface area contributed by atoms with E-state index in [1.54, 1.807) is 12.1 Å². The highest BCUT2D eigenvalue weighted by Gasteiger charge is 2.19. The summed E-state index contributed by atoms with van der Waals surface area (Å²) >= 11 is 0. The number of carbonyl (C=O) groups excluding carboxylic acids is 1. The lowest BCUT2D eigenvalue weighted by molar-refractivity contribution is -0.159. The van der Waals surface area contributed by atoms with Gasteiger partial charge in [-0.25, -0.2) is 14.0 Å². The molecule has 0 atom stereocenters. The van der Waals surface area contributed by atoms with Crippen LogP contribution in [0.15, 0.2) is 24.3 Å². The van der Waals surface area contributed by atoms with Crippen molar-refractivity contribution >= 4 is 23.5 Å². The largest absolute Gasteiger partial charge is 0.473 e. The summed E-state index contributed by atoms with van der Waals surface area (Å²) in [4.78, 5) is 34.3. The van der Waals surface area contributed by atoms with Crippen molar-refractivity contribution in [2.45, 2.75) is 19.9 Å². The summed E-state index contributed by atoms with van der Waals surface area (Å²) < 4.78 is 12.9. The molecule has 0 aliphatic carbocycles. The minimum atomic E-state index is -1.82. The Morgan fingerprint density at radius 1 is 1.04 bits per heavy atom. The Bertz CT molecular complexity index is 601. The monoisotopic (exact) mass is 369 g/mol. The van der Waals surface area contributed by atoms with Crippen LogP contribution in [0.3, 0.4) is 0 Å². The molecule has 1 amide bonds. The fourth-order valence-electron chi connectivity index (χ4n) is 2.39. The molecule has 3 N–H and O–H groups in total. The van der Waals surface area contributed by atoms with Crippen molar-refractivity contribution in [2.24, 2.45) is 0 Å². The van der Waals surface area contributed by atoms with Crippen LogP contribution in [-0.2, 0) is 14.4 Å². The molecule has 0 saturated carbocycles. The Labute approximate surface area is 151 Å². The maximum Gasteiger partial charge on any atom is 0.414 e. The van der Waals surface area contributed by atoms with Gasteiger partial charge in [0.25, 0.3) is 0 Å². The number of hydrogen-bond acceptors (Lipinski definition) is 5. The zero-order valence-electron chi connectivity index (χ0n) is 14.8. The molecule has 1 heterocycles. The number of nitrogens with zero attached hydrogens (tertiary/aromatic N) is 2. The van der Waals surface area contributed by atoms with Crippen molar-refractivity contribution in [1.29, 1.82) is 0 Å². The molecule has 1 aliphatic rings. The second-order valence-electron chi connectivity index (χ2n) is 6.07. The number of anilines is 1. The first kappa shape index (κ1) is 21.4. The zero-order chi connectivity index (χ0) is 19.7. The molecule has 26 heavy (non-hydrogen) atoms. The fraction of sp³-hybridized carbons (Fsp3) is 0.471. The highest BCUT2D eigenvalue weighted by molar-refractivity contribution is 6.27. The smallest absolute Gasteiger partial charge is 0.414 e. The Morgan fingerprint density at radius 3 is 1.96 bits per heavy atom. The molecule has 0 aromatic heterocycles. The minimum absolute atomic E-state index is 0.0789. The number of benzene rings is 1. The van der Waals surface area contributed by atoms with Gasteiger partial charge in [-0.1, -0.05) is 0 Å². The first-order valence-electron chi connectivity index (χ1n) is 8.17. The van der Waals surface area contributed by atoms with Gasteiger partial charge in [0.1, 0.15) is 5.82 Å². The van der Waals surface area contributed by atoms with Gasteiger partial charge < -0.3 is 20.4 Å². The van der Waals surface area contributed by atoms with Gasteiger partial charge in [-0.05, 0) is 38.1 Å². The van der Waals surface area contributed by atoms with Crippen LogP contribution in [0.2, 0.25) is 0 Å². The number of rotatable bonds is 4. The molecule has 0 spiro atoms. The molecule has 1 aliphatic heterocycles. The molecule has 2 rings (SSSR count). The topological polar surface area (TPSA) is 110 Å². The maximum atomic E-state index is 12.9. The summed E-state index contributed by atoms with van der Waals surface area (Å²) in [6.07, 6.45) is 0. The van der Waals surface area contributed by atoms with Crippen molar-refractivity contribution in [3.05, 3.63) is 30.1 Å². The van der Waals surface area contributed by atoms with Crippen LogP contribution >= 0.6 is 0 Å². The molecule has 0 radical (unpaired) electrons. The van der Waals surface area contributed by atoms with Crippen LogP contribution in [0.5, 0.6) is 0 Å². The molecule has 1 saturated heterocycles. The molecule has 1 fully saturated rings. The summed E-state index contributed by atoms with van der Waals surface area (Å²) in [5.41, 5.74) is 1.04. The van der Waals surface area contributed by atoms with Crippen LogP contribution in [0.4, 0.5) is 10.1 Å². The number of nitrogens with one attached hydrogen (secondary N) is 1.